The molecule has 1 aliphatic rings. The molecule has 2 N–H and O–H groups in total. The number of carbonyl (C=O) groups excluding carboxylic acids is 1. The van der Waals surface area contributed by atoms with E-state index in [9.17, 15) is 9.59 Å². The van der Waals surface area contributed by atoms with Crippen LogP contribution in [-0.2, 0) is 14.3 Å². The zero-order valence-electron chi connectivity index (χ0n) is 12.4. The molecule has 1 aliphatic heterocycles. The lowest BCUT2D eigenvalue weighted by Gasteiger charge is -2.31. The van der Waals surface area contributed by atoms with Crippen LogP contribution in [0.2, 0.25) is 0 Å². The standard InChI is InChI=1S/C13H19N3O5S/c1-7(2)11-12(22-16-15-11)13(19)14-8-5-20-4-3-9(8)21-6-10(17)18/h7-9H,3-6H2,1-2H3,(H,14,19)(H,17,18)/t8-,9+/m1/s1. The Labute approximate surface area is 132 Å². The number of aromatic nitrogens is 2. The van der Waals surface area contributed by atoms with E-state index in [2.05, 4.69) is 14.9 Å². The number of nitrogens with zero attached hydrogens (tertiary/aromatic N) is 2. The van der Waals surface area contributed by atoms with Gasteiger partial charge in [-0.25, -0.2) is 4.79 Å². The second-order valence-electron chi connectivity index (χ2n) is 5.33. The summed E-state index contributed by atoms with van der Waals surface area (Å²) in [4.78, 5) is 23.5. The predicted octanol–water partition coefficient (Wildman–Crippen LogP) is 0.650. The number of aliphatic carboxylic acids is 1. The molecule has 122 valence electrons. The third-order valence-electron chi connectivity index (χ3n) is 3.30. The van der Waals surface area contributed by atoms with Crippen molar-refractivity contribution in [3.63, 3.8) is 0 Å². The van der Waals surface area contributed by atoms with E-state index >= 15 is 0 Å². The van der Waals surface area contributed by atoms with Gasteiger partial charge in [-0.15, -0.1) is 5.10 Å². The summed E-state index contributed by atoms with van der Waals surface area (Å²) in [5.41, 5.74) is 0.655. The van der Waals surface area contributed by atoms with Gasteiger partial charge in [0.15, 0.2) is 0 Å². The molecule has 2 heterocycles. The van der Waals surface area contributed by atoms with Crippen LogP contribution < -0.4 is 5.32 Å². The number of carbonyl (C=O) groups is 2. The second-order valence-corrected chi connectivity index (χ2v) is 6.08. The first-order chi connectivity index (χ1) is 10.5. The molecule has 0 unspecified atom stereocenters. The molecular formula is C13H19N3O5S. The quantitative estimate of drug-likeness (QED) is 0.788. The van der Waals surface area contributed by atoms with E-state index in [0.29, 0.717) is 30.2 Å². The Morgan fingerprint density at radius 2 is 2.32 bits per heavy atom. The molecule has 1 aromatic rings. The van der Waals surface area contributed by atoms with Crippen molar-refractivity contribution in [2.24, 2.45) is 0 Å². The smallest absolute Gasteiger partial charge is 0.329 e. The van der Waals surface area contributed by atoms with E-state index in [1.54, 1.807) is 0 Å². The first-order valence-electron chi connectivity index (χ1n) is 7.03. The molecule has 2 rings (SSSR count). The van der Waals surface area contributed by atoms with E-state index in [0.717, 1.165) is 11.5 Å². The Hall–Kier alpha value is -1.58. The summed E-state index contributed by atoms with van der Waals surface area (Å²) in [6.07, 6.45) is 0.160. The number of carboxylic acid groups (broad SMARTS) is 1. The maximum Gasteiger partial charge on any atom is 0.329 e. The van der Waals surface area contributed by atoms with Crippen LogP contribution in [0.4, 0.5) is 0 Å². The number of rotatable bonds is 6. The van der Waals surface area contributed by atoms with Gasteiger partial charge in [-0.2, -0.15) is 0 Å². The molecule has 1 amide bonds. The van der Waals surface area contributed by atoms with Gasteiger partial charge >= 0.3 is 5.97 Å². The Balaban J connectivity index is 2.01. The topological polar surface area (TPSA) is 111 Å². The highest BCUT2D eigenvalue weighted by Gasteiger charge is 2.30. The molecule has 9 heteroatoms. The number of amides is 1. The zero-order valence-corrected chi connectivity index (χ0v) is 13.3. The van der Waals surface area contributed by atoms with Gasteiger partial charge in [-0.1, -0.05) is 18.3 Å². The van der Waals surface area contributed by atoms with Crippen molar-refractivity contribution in [2.75, 3.05) is 19.8 Å². The van der Waals surface area contributed by atoms with E-state index in [1.165, 1.54) is 0 Å². The van der Waals surface area contributed by atoms with Crippen LogP contribution in [0.1, 0.15) is 41.6 Å². The van der Waals surface area contributed by atoms with Crippen LogP contribution in [-0.4, -0.2) is 58.5 Å². The summed E-state index contributed by atoms with van der Waals surface area (Å²) < 4.78 is 14.5. The minimum atomic E-state index is -1.04. The van der Waals surface area contributed by atoms with E-state index in [1.807, 2.05) is 13.8 Å². The molecule has 1 fully saturated rings. The minimum Gasteiger partial charge on any atom is -0.480 e. The van der Waals surface area contributed by atoms with Crippen LogP contribution in [0.3, 0.4) is 0 Å². The Kier molecular flexibility index (Phi) is 5.81. The fourth-order valence-corrected chi connectivity index (χ4v) is 2.92. The van der Waals surface area contributed by atoms with Gasteiger partial charge in [-0.05, 0) is 23.9 Å². The summed E-state index contributed by atoms with van der Waals surface area (Å²) in [7, 11) is 0. The van der Waals surface area contributed by atoms with Gasteiger partial charge in [0.05, 0.1) is 24.4 Å². The van der Waals surface area contributed by atoms with Gasteiger partial charge in [0, 0.05) is 6.61 Å². The fourth-order valence-electron chi connectivity index (χ4n) is 2.20. The van der Waals surface area contributed by atoms with E-state index < -0.39 is 12.6 Å². The first-order valence-corrected chi connectivity index (χ1v) is 7.80. The van der Waals surface area contributed by atoms with Crippen LogP contribution in [0.5, 0.6) is 0 Å². The first kappa shape index (κ1) is 16.8. The van der Waals surface area contributed by atoms with Crippen LogP contribution >= 0.6 is 11.5 Å². The molecule has 1 aromatic heterocycles. The molecule has 0 radical (unpaired) electrons. The Morgan fingerprint density at radius 3 is 3.00 bits per heavy atom. The molecule has 0 aromatic carbocycles. The molecule has 22 heavy (non-hydrogen) atoms. The molecule has 0 saturated carbocycles. The highest BCUT2D eigenvalue weighted by atomic mass is 32.1. The van der Waals surface area contributed by atoms with E-state index in [4.69, 9.17) is 14.6 Å². The highest BCUT2D eigenvalue weighted by molar-refractivity contribution is 7.08. The van der Waals surface area contributed by atoms with Crippen molar-refractivity contribution < 1.29 is 24.2 Å². The summed E-state index contributed by atoms with van der Waals surface area (Å²) in [6, 6.07) is -0.386. The minimum absolute atomic E-state index is 0.0983. The van der Waals surface area contributed by atoms with Gasteiger partial charge < -0.3 is 19.9 Å². The molecule has 8 nitrogen and oxygen atoms in total. The molecular weight excluding hydrogens is 310 g/mol. The Bertz CT molecular complexity index is 534. The number of nitrogens with one attached hydrogen (secondary N) is 1. The van der Waals surface area contributed by atoms with Crippen LogP contribution in [0, 0.1) is 0 Å². The van der Waals surface area contributed by atoms with Crippen LogP contribution in [0.15, 0.2) is 0 Å². The lowest BCUT2D eigenvalue weighted by molar-refractivity contribution is -0.147. The van der Waals surface area contributed by atoms with Crippen molar-refractivity contribution in [3.8, 4) is 0 Å². The van der Waals surface area contributed by atoms with Crippen molar-refractivity contribution >= 4 is 23.4 Å². The fraction of sp³-hybridized carbons (Fsp3) is 0.692. The SMILES string of the molecule is CC(C)c1nnsc1C(=O)N[C@@H]1COCC[C@@H]1OCC(=O)O. The lowest BCUT2D eigenvalue weighted by atomic mass is 10.1. The summed E-state index contributed by atoms with van der Waals surface area (Å²) in [5, 5.41) is 15.5. The number of hydrogen-bond acceptors (Lipinski definition) is 7. The average molecular weight is 329 g/mol. The number of ether oxygens (including phenoxy) is 2. The third kappa shape index (κ3) is 4.21. The molecule has 0 spiro atoms. The van der Waals surface area contributed by atoms with Gasteiger partial charge in [0.25, 0.3) is 5.91 Å². The summed E-state index contributed by atoms with van der Waals surface area (Å²) >= 11 is 1.05. The lowest BCUT2D eigenvalue weighted by Crippen LogP contribution is -2.51. The van der Waals surface area contributed by atoms with Gasteiger partial charge in [0.2, 0.25) is 0 Å². The maximum absolute atomic E-state index is 12.4. The molecule has 0 aliphatic carbocycles. The monoisotopic (exact) mass is 329 g/mol. The van der Waals surface area contributed by atoms with Gasteiger partial charge in [0.1, 0.15) is 11.5 Å². The van der Waals surface area contributed by atoms with Gasteiger partial charge in [-0.3, -0.25) is 4.79 Å². The zero-order chi connectivity index (χ0) is 16.1. The van der Waals surface area contributed by atoms with Crippen molar-refractivity contribution in [2.45, 2.75) is 38.3 Å². The predicted molar refractivity (Wildman–Crippen MR) is 78.1 cm³/mol. The Morgan fingerprint density at radius 1 is 1.55 bits per heavy atom. The molecule has 1 saturated heterocycles. The maximum atomic E-state index is 12.4. The van der Waals surface area contributed by atoms with Crippen molar-refractivity contribution in [1.29, 1.82) is 0 Å². The normalized spacial score (nSPS) is 21.8. The second kappa shape index (κ2) is 7.61. The molecule has 0 bridgehead atoms. The third-order valence-corrected chi connectivity index (χ3v) is 4.04. The molecule has 2 atom stereocenters. The highest BCUT2D eigenvalue weighted by Crippen LogP contribution is 2.20. The summed E-state index contributed by atoms with van der Waals surface area (Å²) in [6.45, 7) is 4.26. The van der Waals surface area contributed by atoms with Crippen molar-refractivity contribution in [3.05, 3.63) is 10.6 Å². The largest absolute Gasteiger partial charge is 0.480 e. The number of hydrogen-bond donors (Lipinski definition) is 2. The van der Waals surface area contributed by atoms with Crippen LogP contribution in [0.25, 0.3) is 0 Å². The average Bonchev–Trinajstić information content (AvgIpc) is 2.96. The summed E-state index contributed by atoms with van der Waals surface area (Å²) in [5.74, 6) is -1.22. The van der Waals surface area contributed by atoms with E-state index in [-0.39, 0.29) is 24.0 Å². The van der Waals surface area contributed by atoms with Crippen molar-refractivity contribution in [1.82, 2.24) is 14.9 Å². The number of carboxylic acids is 1.